The van der Waals surface area contributed by atoms with E-state index in [4.69, 9.17) is 9.15 Å². The van der Waals surface area contributed by atoms with Crippen molar-refractivity contribution in [3.63, 3.8) is 0 Å². The first-order chi connectivity index (χ1) is 12.1. The molecule has 0 spiro atoms. The molecule has 0 radical (unpaired) electrons. The Morgan fingerprint density at radius 2 is 2.00 bits per heavy atom. The number of hydrogen-bond donors (Lipinski definition) is 1. The highest BCUT2D eigenvalue weighted by Gasteiger charge is 2.28. The van der Waals surface area contributed by atoms with Crippen LogP contribution in [0.15, 0.2) is 64.6 Å². The number of thiophene rings is 1. The van der Waals surface area contributed by atoms with Crippen LogP contribution < -0.4 is 5.32 Å². The molecule has 0 aliphatic rings. The van der Waals surface area contributed by atoms with Gasteiger partial charge in [-0.1, -0.05) is 24.3 Å². The van der Waals surface area contributed by atoms with Gasteiger partial charge in [0.15, 0.2) is 0 Å². The molecule has 25 heavy (non-hydrogen) atoms. The Kier molecular flexibility index (Phi) is 5.25. The van der Waals surface area contributed by atoms with Crippen LogP contribution in [0.3, 0.4) is 0 Å². The van der Waals surface area contributed by atoms with Gasteiger partial charge in [-0.15, -0.1) is 11.3 Å². The number of benzene rings is 1. The number of furan rings is 1. The maximum absolute atomic E-state index is 14.1. The standard InChI is InChI=1S/C18H14FNO4S/c19-14-7-2-1-6-13(14)16(24-18(22)15-8-3-9-23-15)17(21)20-11-12-5-4-10-25-12/h1-10,16H,11H2,(H,20,21)/t16-/m1/s1. The Morgan fingerprint density at radius 3 is 2.68 bits per heavy atom. The van der Waals surface area contributed by atoms with Crippen LogP contribution in [0.25, 0.3) is 0 Å². The maximum Gasteiger partial charge on any atom is 0.375 e. The van der Waals surface area contributed by atoms with Gasteiger partial charge in [-0.2, -0.15) is 0 Å². The third-order valence-electron chi connectivity index (χ3n) is 3.39. The van der Waals surface area contributed by atoms with Gasteiger partial charge in [0.1, 0.15) is 5.82 Å². The summed E-state index contributed by atoms with van der Waals surface area (Å²) in [5, 5.41) is 4.54. The van der Waals surface area contributed by atoms with Gasteiger partial charge in [-0.3, -0.25) is 4.79 Å². The molecule has 1 amide bonds. The van der Waals surface area contributed by atoms with Crippen molar-refractivity contribution >= 4 is 23.2 Å². The molecule has 1 atom stereocenters. The summed E-state index contributed by atoms with van der Waals surface area (Å²) in [4.78, 5) is 25.6. The topological polar surface area (TPSA) is 68.5 Å². The number of amides is 1. The van der Waals surface area contributed by atoms with E-state index >= 15 is 0 Å². The number of carbonyl (C=O) groups excluding carboxylic acids is 2. The minimum absolute atomic E-state index is 0.0221. The van der Waals surface area contributed by atoms with E-state index in [0.29, 0.717) is 0 Å². The average Bonchev–Trinajstić information content (AvgIpc) is 3.31. The first-order valence-corrected chi connectivity index (χ1v) is 8.32. The van der Waals surface area contributed by atoms with Gasteiger partial charge in [-0.05, 0) is 29.6 Å². The Hall–Kier alpha value is -2.93. The molecular formula is C18H14FNO4S. The van der Waals surface area contributed by atoms with E-state index in [-0.39, 0.29) is 17.9 Å². The minimum atomic E-state index is -1.42. The average molecular weight is 359 g/mol. The van der Waals surface area contributed by atoms with E-state index in [1.54, 1.807) is 6.07 Å². The van der Waals surface area contributed by atoms with Gasteiger partial charge in [-0.25, -0.2) is 9.18 Å². The largest absolute Gasteiger partial charge is 0.457 e. The summed E-state index contributed by atoms with van der Waals surface area (Å²) in [5.41, 5.74) is -0.0221. The predicted octanol–water partition coefficient (Wildman–Crippen LogP) is 3.69. The van der Waals surface area contributed by atoms with Crippen LogP contribution >= 0.6 is 11.3 Å². The number of ether oxygens (including phenoxy) is 1. The fourth-order valence-electron chi connectivity index (χ4n) is 2.19. The Balaban J connectivity index is 1.79. The zero-order chi connectivity index (χ0) is 17.6. The van der Waals surface area contributed by atoms with Gasteiger partial charge in [0.2, 0.25) is 11.9 Å². The monoisotopic (exact) mass is 359 g/mol. The van der Waals surface area contributed by atoms with E-state index in [1.807, 2.05) is 17.5 Å². The van der Waals surface area contributed by atoms with Crippen LogP contribution in [0.1, 0.15) is 27.1 Å². The number of esters is 1. The third kappa shape index (κ3) is 4.13. The number of rotatable bonds is 6. The zero-order valence-electron chi connectivity index (χ0n) is 13.0. The first kappa shape index (κ1) is 16.9. The Bertz CT molecular complexity index is 846. The van der Waals surface area contributed by atoms with Crippen molar-refractivity contribution in [1.82, 2.24) is 5.32 Å². The minimum Gasteiger partial charge on any atom is -0.457 e. The quantitative estimate of drug-likeness (QED) is 0.682. The second-order valence-electron chi connectivity index (χ2n) is 5.08. The van der Waals surface area contributed by atoms with Crippen LogP contribution in [0.5, 0.6) is 0 Å². The summed E-state index contributed by atoms with van der Waals surface area (Å²) >= 11 is 1.48. The van der Waals surface area contributed by atoms with Gasteiger partial charge in [0.25, 0.3) is 5.91 Å². The molecule has 0 saturated heterocycles. The van der Waals surface area contributed by atoms with Crippen LogP contribution in [0.2, 0.25) is 0 Å². The summed E-state index contributed by atoms with van der Waals surface area (Å²) in [7, 11) is 0. The molecule has 5 nitrogen and oxygen atoms in total. The van der Waals surface area contributed by atoms with Gasteiger partial charge >= 0.3 is 5.97 Å². The van der Waals surface area contributed by atoms with Gasteiger partial charge in [0, 0.05) is 10.4 Å². The van der Waals surface area contributed by atoms with E-state index in [2.05, 4.69) is 5.32 Å². The van der Waals surface area contributed by atoms with Crippen molar-refractivity contribution in [1.29, 1.82) is 0 Å². The first-order valence-electron chi connectivity index (χ1n) is 7.44. The molecule has 2 heterocycles. The number of halogens is 1. The summed E-state index contributed by atoms with van der Waals surface area (Å²) in [6, 6.07) is 12.3. The fourth-order valence-corrected chi connectivity index (χ4v) is 2.83. The smallest absolute Gasteiger partial charge is 0.375 e. The third-order valence-corrected chi connectivity index (χ3v) is 4.27. The van der Waals surface area contributed by atoms with E-state index in [0.717, 1.165) is 4.88 Å². The van der Waals surface area contributed by atoms with E-state index in [9.17, 15) is 14.0 Å². The molecule has 1 N–H and O–H groups in total. The lowest BCUT2D eigenvalue weighted by atomic mass is 10.1. The molecule has 0 bridgehead atoms. The maximum atomic E-state index is 14.1. The summed E-state index contributed by atoms with van der Waals surface area (Å²) in [5.74, 6) is -2.15. The number of carbonyl (C=O) groups is 2. The highest BCUT2D eigenvalue weighted by atomic mass is 32.1. The molecule has 128 valence electrons. The summed E-state index contributed by atoms with van der Waals surface area (Å²) in [6.45, 7) is 0.264. The molecule has 7 heteroatoms. The summed E-state index contributed by atoms with van der Waals surface area (Å²) < 4.78 is 24.3. The van der Waals surface area contributed by atoms with Crippen molar-refractivity contribution < 1.29 is 23.1 Å². The molecule has 0 saturated carbocycles. The second kappa shape index (κ2) is 7.76. The summed E-state index contributed by atoms with van der Waals surface area (Å²) in [6.07, 6.45) is -0.107. The Labute approximate surface area is 147 Å². The molecule has 1 aromatic carbocycles. The van der Waals surface area contributed by atoms with Crippen molar-refractivity contribution in [2.24, 2.45) is 0 Å². The SMILES string of the molecule is O=C(O[C@@H](C(=O)NCc1cccs1)c1ccccc1F)c1ccco1. The zero-order valence-corrected chi connectivity index (χ0v) is 13.8. The normalized spacial score (nSPS) is 11.7. The highest BCUT2D eigenvalue weighted by molar-refractivity contribution is 7.09. The van der Waals surface area contributed by atoms with Crippen molar-refractivity contribution in [2.45, 2.75) is 12.6 Å². The molecule has 3 rings (SSSR count). The van der Waals surface area contributed by atoms with Gasteiger partial charge in [0.05, 0.1) is 12.8 Å². The predicted molar refractivity (Wildman–Crippen MR) is 89.4 cm³/mol. The molecular weight excluding hydrogens is 345 g/mol. The molecule has 0 fully saturated rings. The Morgan fingerprint density at radius 1 is 1.16 bits per heavy atom. The van der Waals surface area contributed by atoms with Crippen LogP contribution in [0, 0.1) is 5.82 Å². The van der Waals surface area contributed by atoms with Crippen LogP contribution in [-0.4, -0.2) is 11.9 Å². The fraction of sp³-hybridized carbons (Fsp3) is 0.111. The molecule has 0 aliphatic heterocycles. The highest BCUT2D eigenvalue weighted by Crippen LogP contribution is 2.23. The number of nitrogens with one attached hydrogen (secondary N) is 1. The molecule has 2 aromatic heterocycles. The van der Waals surface area contributed by atoms with Crippen molar-refractivity contribution in [2.75, 3.05) is 0 Å². The number of hydrogen-bond acceptors (Lipinski definition) is 5. The van der Waals surface area contributed by atoms with Crippen molar-refractivity contribution in [3.05, 3.63) is 82.2 Å². The molecule has 0 unspecified atom stereocenters. The lowest BCUT2D eigenvalue weighted by molar-refractivity contribution is -0.130. The van der Waals surface area contributed by atoms with E-state index in [1.165, 1.54) is 47.9 Å². The van der Waals surface area contributed by atoms with E-state index < -0.39 is 23.8 Å². The van der Waals surface area contributed by atoms with Crippen LogP contribution in [0.4, 0.5) is 4.39 Å². The second-order valence-corrected chi connectivity index (χ2v) is 6.11. The lowest BCUT2D eigenvalue weighted by Gasteiger charge is -2.17. The van der Waals surface area contributed by atoms with Gasteiger partial charge < -0.3 is 14.5 Å². The lowest BCUT2D eigenvalue weighted by Crippen LogP contribution is -2.32. The molecule has 0 aliphatic carbocycles. The van der Waals surface area contributed by atoms with Crippen molar-refractivity contribution in [3.8, 4) is 0 Å². The van der Waals surface area contributed by atoms with Crippen LogP contribution in [-0.2, 0) is 16.1 Å². The molecule has 3 aromatic rings.